The summed E-state index contributed by atoms with van der Waals surface area (Å²) in [5, 5.41) is 8.67. The lowest BCUT2D eigenvalue weighted by atomic mass is 9.89. The number of alkyl halides is 1. The maximum Gasteiger partial charge on any atom is 0.126 e. The molecule has 0 aliphatic carbocycles. The zero-order valence-corrected chi connectivity index (χ0v) is 14.7. The van der Waals surface area contributed by atoms with E-state index >= 15 is 0 Å². The van der Waals surface area contributed by atoms with Crippen molar-refractivity contribution >= 4 is 28.7 Å². The summed E-state index contributed by atoms with van der Waals surface area (Å²) in [7, 11) is 0. The van der Waals surface area contributed by atoms with Crippen LogP contribution in [0.1, 0.15) is 18.1 Å². The Labute approximate surface area is 153 Å². The molecule has 1 unspecified atom stereocenters. The summed E-state index contributed by atoms with van der Waals surface area (Å²) in [4.78, 5) is 3.73. The van der Waals surface area contributed by atoms with Crippen molar-refractivity contribution < 1.29 is 0 Å². The lowest BCUT2D eigenvalue weighted by Crippen LogP contribution is -2.39. The Balaban J connectivity index is 2.11. The minimum atomic E-state index is -1.06. The van der Waals surface area contributed by atoms with Gasteiger partial charge in [0.1, 0.15) is 4.87 Å². The molecule has 3 aromatic rings. The average molecular weight is 347 g/mol. The molecule has 124 valence electrons. The molecule has 0 aromatic heterocycles. The third-order valence-electron chi connectivity index (χ3n) is 4.02. The van der Waals surface area contributed by atoms with Crippen LogP contribution in [0.5, 0.6) is 0 Å². The average Bonchev–Trinajstić information content (AvgIpc) is 2.67. The third-order valence-corrected chi connectivity index (χ3v) is 4.39. The van der Waals surface area contributed by atoms with Crippen molar-refractivity contribution in [2.75, 3.05) is 0 Å². The number of halogens is 1. The number of para-hydroxylation sites is 1. The summed E-state index contributed by atoms with van der Waals surface area (Å²) < 4.78 is 0. The molecule has 25 heavy (non-hydrogen) atoms. The van der Waals surface area contributed by atoms with Crippen molar-refractivity contribution in [1.82, 2.24) is 0 Å². The van der Waals surface area contributed by atoms with Crippen molar-refractivity contribution in [2.24, 2.45) is 4.99 Å². The largest absolute Gasteiger partial charge is 0.302 e. The number of nitrogens with one attached hydrogen (secondary N) is 1. The first-order chi connectivity index (χ1) is 12.1. The molecule has 1 atom stereocenters. The van der Waals surface area contributed by atoms with E-state index in [1.54, 1.807) is 0 Å². The first kappa shape index (κ1) is 17.1. The lowest BCUT2D eigenvalue weighted by Gasteiger charge is -2.26. The number of nitrogens with zero attached hydrogens (tertiary/aromatic N) is 1. The summed E-state index contributed by atoms with van der Waals surface area (Å²) in [6, 6.07) is 29.0. The Bertz CT molecular complexity index is 870. The van der Waals surface area contributed by atoms with Gasteiger partial charge in [-0.05, 0) is 30.2 Å². The molecule has 3 heteroatoms. The Hall–Kier alpha value is -2.71. The molecule has 1 N–H and O–H groups in total. The molecule has 0 amide bonds. The Morgan fingerprint density at radius 3 is 1.72 bits per heavy atom. The molecule has 0 saturated carbocycles. The second kappa shape index (κ2) is 7.45. The number of benzene rings is 3. The SMILES string of the molecule is CC(Cl)(C(=N)c1ccccc1)C(=Nc1ccccc1)c1ccccc1. The van der Waals surface area contributed by atoms with Gasteiger partial charge in [0.05, 0.1) is 17.1 Å². The van der Waals surface area contributed by atoms with E-state index in [2.05, 4.69) is 0 Å². The molecule has 0 spiro atoms. The molecule has 2 nitrogen and oxygen atoms in total. The quantitative estimate of drug-likeness (QED) is 0.443. The summed E-state index contributed by atoms with van der Waals surface area (Å²) >= 11 is 6.92. The van der Waals surface area contributed by atoms with Gasteiger partial charge in [0, 0.05) is 0 Å². The summed E-state index contributed by atoms with van der Waals surface area (Å²) in [6.07, 6.45) is 0. The predicted molar refractivity (Wildman–Crippen MR) is 107 cm³/mol. The summed E-state index contributed by atoms with van der Waals surface area (Å²) in [6.45, 7) is 1.83. The topological polar surface area (TPSA) is 36.2 Å². The fourth-order valence-electron chi connectivity index (χ4n) is 2.66. The van der Waals surface area contributed by atoms with Crippen LogP contribution in [0.25, 0.3) is 0 Å². The summed E-state index contributed by atoms with van der Waals surface area (Å²) in [5.41, 5.74) is 3.50. The molecule has 0 heterocycles. The predicted octanol–water partition coefficient (Wildman–Crippen LogP) is 5.87. The van der Waals surface area contributed by atoms with Crippen LogP contribution in [0.4, 0.5) is 5.69 Å². The van der Waals surface area contributed by atoms with Crippen LogP contribution in [0.15, 0.2) is 96.0 Å². The Morgan fingerprint density at radius 2 is 1.20 bits per heavy atom. The van der Waals surface area contributed by atoms with Gasteiger partial charge in [-0.2, -0.15) is 0 Å². The number of rotatable bonds is 5. The van der Waals surface area contributed by atoms with E-state index in [-0.39, 0.29) is 0 Å². The number of hydrogen-bond donors (Lipinski definition) is 1. The molecule has 0 aliphatic rings. The van der Waals surface area contributed by atoms with Gasteiger partial charge in [0.25, 0.3) is 0 Å². The highest BCUT2D eigenvalue weighted by atomic mass is 35.5. The first-order valence-electron chi connectivity index (χ1n) is 8.12. The van der Waals surface area contributed by atoms with Gasteiger partial charge in [0.2, 0.25) is 0 Å². The lowest BCUT2D eigenvalue weighted by molar-refractivity contribution is 1.08. The zero-order valence-electron chi connectivity index (χ0n) is 14.0. The molecule has 3 aromatic carbocycles. The second-order valence-electron chi connectivity index (χ2n) is 5.91. The van der Waals surface area contributed by atoms with Crippen LogP contribution < -0.4 is 0 Å². The van der Waals surface area contributed by atoms with Gasteiger partial charge in [-0.25, -0.2) is 0 Å². The van der Waals surface area contributed by atoms with Crippen LogP contribution in [-0.2, 0) is 0 Å². The van der Waals surface area contributed by atoms with Crippen LogP contribution in [0.3, 0.4) is 0 Å². The molecule has 0 aliphatic heterocycles. The Morgan fingerprint density at radius 1 is 0.760 bits per heavy atom. The minimum Gasteiger partial charge on any atom is -0.302 e. The van der Waals surface area contributed by atoms with E-state index in [9.17, 15) is 0 Å². The molecule has 0 bridgehead atoms. The first-order valence-corrected chi connectivity index (χ1v) is 8.50. The standard InChI is InChI=1S/C22H19ClN2/c1-22(23,20(24)17-11-5-2-6-12-17)21(18-13-7-3-8-14-18)25-19-15-9-4-10-16-19/h2-16,24H,1H3. The van der Waals surface area contributed by atoms with Crippen molar-refractivity contribution in [1.29, 1.82) is 5.41 Å². The van der Waals surface area contributed by atoms with Gasteiger partial charge in [-0.1, -0.05) is 78.9 Å². The molecule has 0 saturated heterocycles. The van der Waals surface area contributed by atoms with Gasteiger partial charge in [0.15, 0.2) is 0 Å². The molecule has 3 rings (SSSR count). The molecule has 0 fully saturated rings. The third kappa shape index (κ3) is 3.86. The fourth-order valence-corrected chi connectivity index (χ4v) is 2.92. The minimum absolute atomic E-state index is 0.327. The van der Waals surface area contributed by atoms with Crippen molar-refractivity contribution in [2.45, 2.75) is 11.8 Å². The van der Waals surface area contributed by atoms with E-state index in [0.717, 1.165) is 16.8 Å². The van der Waals surface area contributed by atoms with Crippen molar-refractivity contribution in [3.63, 3.8) is 0 Å². The highest BCUT2D eigenvalue weighted by Gasteiger charge is 2.35. The maximum atomic E-state index is 8.67. The van der Waals surface area contributed by atoms with Crippen LogP contribution in [0.2, 0.25) is 0 Å². The molecular formula is C22H19ClN2. The number of hydrogen-bond acceptors (Lipinski definition) is 2. The van der Waals surface area contributed by atoms with Gasteiger partial charge < -0.3 is 5.41 Å². The summed E-state index contributed by atoms with van der Waals surface area (Å²) in [5.74, 6) is 0. The van der Waals surface area contributed by atoms with E-state index in [4.69, 9.17) is 22.0 Å². The second-order valence-corrected chi connectivity index (χ2v) is 6.66. The molecule has 0 radical (unpaired) electrons. The normalized spacial score (nSPS) is 13.9. The maximum absolute atomic E-state index is 8.67. The van der Waals surface area contributed by atoms with Crippen molar-refractivity contribution in [3.8, 4) is 0 Å². The van der Waals surface area contributed by atoms with Crippen molar-refractivity contribution in [3.05, 3.63) is 102 Å². The monoisotopic (exact) mass is 346 g/mol. The van der Waals surface area contributed by atoms with Crippen LogP contribution in [0, 0.1) is 5.41 Å². The van der Waals surface area contributed by atoms with Gasteiger partial charge in [-0.3, -0.25) is 4.99 Å². The van der Waals surface area contributed by atoms with Gasteiger partial charge >= 0.3 is 0 Å². The highest BCUT2D eigenvalue weighted by molar-refractivity contribution is 6.52. The Kier molecular flexibility index (Phi) is 5.11. The zero-order chi connectivity index (χ0) is 17.7. The fraction of sp³-hybridized carbons (Fsp3) is 0.0909. The van der Waals surface area contributed by atoms with Gasteiger partial charge in [-0.15, -0.1) is 11.6 Å². The van der Waals surface area contributed by atoms with E-state index in [0.29, 0.717) is 11.4 Å². The van der Waals surface area contributed by atoms with E-state index in [1.165, 1.54) is 0 Å². The van der Waals surface area contributed by atoms with Crippen LogP contribution >= 0.6 is 11.6 Å². The highest BCUT2D eigenvalue weighted by Crippen LogP contribution is 2.29. The number of aliphatic imine (C=N–C) groups is 1. The van der Waals surface area contributed by atoms with E-state index in [1.807, 2.05) is 97.9 Å². The van der Waals surface area contributed by atoms with Crippen LogP contribution in [-0.4, -0.2) is 16.3 Å². The van der Waals surface area contributed by atoms with E-state index < -0.39 is 4.87 Å². The molecular weight excluding hydrogens is 328 g/mol. The smallest absolute Gasteiger partial charge is 0.126 e.